The van der Waals surface area contributed by atoms with Gasteiger partial charge in [0, 0.05) is 29.7 Å². The lowest BCUT2D eigenvalue weighted by Crippen LogP contribution is -2.28. The zero-order valence-electron chi connectivity index (χ0n) is 13.5. The van der Waals surface area contributed by atoms with E-state index in [1.54, 1.807) is 4.90 Å². The van der Waals surface area contributed by atoms with Gasteiger partial charge in [-0.1, -0.05) is 40.2 Å². The highest BCUT2D eigenvalue weighted by Crippen LogP contribution is 2.23. The normalized spacial score (nSPS) is 17.2. The summed E-state index contributed by atoms with van der Waals surface area (Å²) in [5.41, 5.74) is 3.03. The van der Waals surface area contributed by atoms with Crippen LogP contribution in [0.5, 0.6) is 0 Å². The van der Waals surface area contributed by atoms with Gasteiger partial charge in [-0.25, -0.2) is 0 Å². The molecule has 0 radical (unpaired) electrons. The number of aryl methyl sites for hydroxylation is 1. The number of likely N-dealkylation sites (tertiary alicyclic amines) is 1. The summed E-state index contributed by atoms with van der Waals surface area (Å²) in [5.74, 6) is -0.364. The fraction of sp³-hybridized carbons (Fsp3) is 0.263. The molecule has 2 aromatic rings. The average Bonchev–Trinajstić information content (AvgIpc) is 2.93. The monoisotopic (exact) mass is 386 g/mol. The summed E-state index contributed by atoms with van der Waals surface area (Å²) in [6.07, 6.45) is 0.272. The SMILES string of the molecule is Cc1ccccc1CN1CC(C(=O)Nc2ccc(Br)cc2)CC1=O. The van der Waals surface area contributed by atoms with E-state index < -0.39 is 0 Å². The summed E-state index contributed by atoms with van der Waals surface area (Å²) >= 11 is 3.37. The first-order chi connectivity index (χ1) is 11.5. The maximum atomic E-state index is 12.4. The van der Waals surface area contributed by atoms with Gasteiger partial charge in [-0.2, -0.15) is 0 Å². The highest BCUT2D eigenvalue weighted by molar-refractivity contribution is 9.10. The van der Waals surface area contributed by atoms with E-state index in [2.05, 4.69) is 21.2 Å². The molecule has 1 fully saturated rings. The van der Waals surface area contributed by atoms with Crippen molar-refractivity contribution in [3.8, 4) is 0 Å². The second kappa shape index (κ2) is 7.18. The highest BCUT2D eigenvalue weighted by atomic mass is 79.9. The van der Waals surface area contributed by atoms with E-state index in [1.165, 1.54) is 0 Å². The van der Waals surface area contributed by atoms with E-state index in [1.807, 2.05) is 55.5 Å². The van der Waals surface area contributed by atoms with Gasteiger partial charge in [0.25, 0.3) is 0 Å². The van der Waals surface area contributed by atoms with E-state index in [4.69, 9.17) is 0 Å². The number of amides is 2. The molecule has 0 bridgehead atoms. The van der Waals surface area contributed by atoms with Crippen LogP contribution in [0.3, 0.4) is 0 Å². The van der Waals surface area contributed by atoms with Crippen molar-refractivity contribution in [2.24, 2.45) is 5.92 Å². The Morgan fingerprint density at radius 2 is 1.92 bits per heavy atom. The van der Waals surface area contributed by atoms with Crippen molar-refractivity contribution in [1.29, 1.82) is 0 Å². The van der Waals surface area contributed by atoms with Crippen molar-refractivity contribution in [3.05, 3.63) is 64.1 Å². The smallest absolute Gasteiger partial charge is 0.229 e. The minimum Gasteiger partial charge on any atom is -0.338 e. The number of hydrogen-bond acceptors (Lipinski definition) is 2. The van der Waals surface area contributed by atoms with Gasteiger partial charge >= 0.3 is 0 Å². The standard InChI is InChI=1S/C19H19BrN2O2/c1-13-4-2-3-5-14(13)11-22-12-15(10-18(22)23)19(24)21-17-8-6-16(20)7-9-17/h2-9,15H,10-12H2,1H3,(H,21,24). The van der Waals surface area contributed by atoms with Gasteiger partial charge in [0.2, 0.25) is 11.8 Å². The Hall–Kier alpha value is -2.14. The van der Waals surface area contributed by atoms with Crippen LogP contribution < -0.4 is 5.32 Å². The van der Waals surface area contributed by atoms with Crippen LogP contribution in [0.2, 0.25) is 0 Å². The van der Waals surface area contributed by atoms with Crippen molar-refractivity contribution in [1.82, 2.24) is 4.90 Å². The molecule has 0 aliphatic carbocycles. The van der Waals surface area contributed by atoms with Gasteiger partial charge < -0.3 is 10.2 Å². The molecule has 0 aromatic heterocycles. The predicted molar refractivity (Wildman–Crippen MR) is 97.5 cm³/mol. The highest BCUT2D eigenvalue weighted by Gasteiger charge is 2.34. The number of hydrogen-bond donors (Lipinski definition) is 1. The van der Waals surface area contributed by atoms with Crippen LogP contribution in [0.15, 0.2) is 53.0 Å². The number of anilines is 1. The van der Waals surface area contributed by atoms with Gasteiger partial charge in [0.05, 0.1) is 5.92 Å². The molecule has 1 unspecified atom stereocenters. The molecule has 24 heavy (non-hydrogen) atoms. The topological polar surface area (TPSA) is 49.4 Å². The third-order valence-corrected chi connectivity index (χ3v) is 4.85. The number of halogens is 1. The lowest BCUT2D eigenvalue weighted by atomic mass is 10.1. The maximum Gasteiger partial charge on any atom is 0.229 e. The van der Waals surface area contributed by atoms with E-state index in [0.717, 1.165) is 21.3 Å². The molecule has 2 aromatic carbocycles. The average molecular weight is 387 g/mol. The Morgan fingerprint density at radius 3 is 2.62 bits per heavy atom. The molecule has 2 amide bonds. The molecule has 5 heteroatoms. The van der Waals surface area contributed by atoms with Crippen LogP contribution in [-0.4, -0.2) is 23.3 Å². The first-order valence-electron chi connectivity index (χ1n) is 7.91. The number of carbonyl (C=O) groups excluding carboxylic acids is 2. The van der Waals surface area contributed by atoms with Crippen LogP contribution in [0.25, 0.3) is 0 Å². The molecule has 1 saturated heterocycles. The first kappa shape index (κ1) is 16.7. The van der Waals surface area contributed by atoms with Gasteiger partial charge in [-0.3, -0.25) is 9.59 Å². The summed E-state index contributed by atoms with van der Waals surface area (Å²) < 4.78 is 0.959. The molecule has 4 nitrogen and oxygen atoms in total. The van der Waals surface area contributed by atoms with Crippen LogP contribution in [0.1, 0.15) is 17.5 Å². The Morgan fingerprint density at radius 1 is 1.21 bits per heavy atom. The molecule has 1 aliphatic heterocycles. The summed E-state index contributed by atoms with van der Waals surface area (Å²) in [6.45, 7) is 3.07. The third-order valence-electron chi connectivity index (χ3n) is 4.32. The van der Waals surface area contributed by atoms with Crippen molar-refractivity contribution >= 4 is 33.4 Å². The van der Waals surface area contributed by atoms with E-state index >= 15 is 0 Å². The molecule has 0 saturated carbocycles. The maximum absolute atomic E-state index is 12.4. The zero-order valence-corrected chi connectivity index (χ0v) is 15.0. The van der Waals surface area contributed by atoms with Crippen LogP contribution >= 0.6 is 15.9 Å². The summed E-state index contributed by atoms with van der Waals surface area (Å²) in [5, 5.41) is 2.89. The molecule has 0 spiro atoms. The predicted octanol–water partition coefficient (Wildman–Crippen LogP) is 3.74. The van der Waals surface area contributed by atoms with Crippen LogP contribution in [-0.2, 0) is 16.1 Å². The zero-order chi connectivity index (χ0) is 17.1. The van der Waals surface area contributed by atoms with Gasteiger partial charge in [0.15, 0.2) is 0 Å². The van der Waals surface area contributed by atoms with Crippen LogP contribution in [0, 0.1) is 12.8 Å². The fourth-order valence-corrected chi connectivity index (χ4v) is 3.14. The summed E-state index contributed by atoms with van der Waals surface area (Å²) in [7, 11) is 0. The Bertz CT molecular complexity index is 758. The van der Waals surface area contributed by atoms with Crippen molar-refractivity contribution in [2.45, 2.75) is 19.9 Å². The molecular formula is C19H19BrN2O2. The quantitative estimate of drug-likeness (QED) is 0.869. The minimum atomic E-state index is -0.301. The second-order valence-corrected chi connectivity index (χ2v) is 7.01. The van der Waals surface area contributed by atoms with Gasteiger partial charge in [-0.05, 0) is 42.3 Å². The first-order valence-corrected chi connectivity index (χ1v) is 8.71. The number of rotatable bonds is 4. The Kier molecular flexibility index (Phi) is 5.00. The fourth-order valence-electron chi connectivity index (χ4n) is 2.87. The molecule has 3 rings (SSSR count). The molecule has 1 N–H and O–H groups in total. The molecule has 1 heterocycles. The number of nitrogens with one attached hydrogen (secondary N) is 1. The molecule has 1 atom stereocenters. The van der Waals surface area contributed by atoms with Crippen LogP contribution in [0.4, 0.5) is 5.69 Å². The van der Waals surface area contributed by atoms with Crippen molar-refractivity contribution in [3.63, 3.8) is 0 Å². The molecule has 1 aliphatic rings. The second-order valence-electron chi connectivity index (χ2n) is 6.10. The van der Waals surface area contributed by atoms with Crippen molar-refractivity contribution in [2.75, 3.05) is 11.9 Å². The Balaban J connectivity index is 1.62. The van der Waals surface area contributed by atoms with E-state index in [9.17, 15) is 9.59 Å². The number of carbonyl (C=O) groups is 2. The van der Waals surface area contributed by atoms with Gasteiger partial charge in [0.1, 0.15) is 0 Å². The largest absolute Gasteiger partial charge is 0.338 e. The summed E-state index contributed by atoms with van der Waals surface area (Å²) in [4.78, 5) is 26.4. The third kappa shape index (κ3) is 3.85. The molecule has 124 valence electrons. The number of benzene rings is 2. The number of nitrogens with zero attached hydrogens (tertiary/aromatic N) is 1. The lowest BCUT2D eigenvalue weighted by molar-refractivity contribution is -0.128. The minimum absolute atomic E-state index is 0.0363. The van der Waals surface area contributed by atoms with E-state index in [0.29, 0.717) is 13.1 Å². The van der Waals surface area contributed by atoms with E-state index in [-0.39, 0.29) is 24.2 Å². The summed E-state index contributed by atoms with van der Waals surface area (Å²) in [6, 6.07) is 15.4. The molecular weight excluding hydrogens is 368 g/mol. The lowest BCUT2D eigenvalue weighted by Gasteiger charge is -2.18. The van der Waals surface area contributed by atoms with Gasteiger partial charge in [-0.15, -0.1) is 0 Å². The Labute approximate surface area is 150 Å². The van der Waals surface area contributed by atoms with Crippen molar-refractivity contribution < 1.29 is 9.59 Å².